The first-order valence-corrected chi connectivity index (χ1v) is 6.31. The topological polar surface area (TPSA) is 52.6 Å². The van der Waals surface area contributed by atoms with E-state index in [9.17, 15) is 14.3 Å². The van der Waals surface area contributed by atoms with Crippen LogP contribution in [0.5, 0.6) is 0 Å². The molecule has 0 aliphatic heterocycles. The van der Waals surface area contributed by atoms with Crippen LogP contribution >= 0.6 is 0 Å². The summed E-state index contributed by atoms with van der Waals surface area (Å²) in [6.07, 6.45) is 0. The third-order valence-electron chi connectivity index (χ3n) is 2.71. The molecule has 1 amide bonds. The maximum atomic E-state index is 13.1. The highest BCUT2D eigenvalue weighted by Gasteiger charge is 2.11. The number of amides is 1. The molecular formula is C14H21FN2O2. The number of carbonyl (C=O) groups excluding carboxylic acids is 1. The predicted molar refractivity (Wildman–Crippen MR) is 73.4 cm³/mol. The molecular weight excluding hydrogens is 247 g/mol. The normalized spacial score (nSPS) is 10.6. The molecule has 1 rings (SSSR count). The number of aliphatic hydroxyl groups excluding tert-OH is 1. The Hall–Kier alpha value is -1.62. The largest absolute Gasteiger partial charge is 0.392 e. The summed E-state index contributed by atoms with van der Waals surface area (Å²) in [5.74, 6) is -0.0945. The molecule has 5 heteroatoms. The van der Waals surface area contributed by atoms with Gasteiger partial charge in [-0.1, -0.05) is 13.8 Å². The minimum absolute atomic E-state index is 0.0931. The molecule has 0 spiro atoms. The Morgan fingerprint density at radius 2 is 2.16 bits per heavy atom. The molecule has 0 heterocycles. The number of likely N-dealkylation sites (N-methyl/N-ethyl adjacent to an activating group) is 1. The average molecular weight is 268 g/mol. The fourth-order valence-corrected chi connectivity index (χ4v) is 1.73. The number of hydrogen-bond donors (Lipinski definition) is 2. The summed E-state index contributed by atoms with van der Waals surface area (Å²) in [4.78, 5) is 13.4. The molecule has 0 radical (unpaired) electrons. The van der Waals surface area contributed by atoms with E-state index in [2.05, 4.69) is 5.32 Å². The first kappa shape index (κ1) is 15.4. The highest BCUT2D eigenvalue weighted by Crippen LogP contribution is 2.20. The molecule has 0 fully saturated rings. The second-order valence-corrected chi connectivity index (χ2v) is 4.99. The van der Waals surface area contributed by atoms with Crippen LogP contribution in [0.4, 0.5) is 10.1 Å². The van der Waals surface area contributed by atoms with Crippen LogP contribution < -0.4 is 10.2 Å². The first-order chi connectivity index (χ1) is 8.93. The Morgan fingerprint density at radius 3 is 2.74 bits per heavy atom. The summed E-state index contributed by atoms with van der Waals surface area (Å²) in [7, 11) is 1.74. The molecule has 106 valence electrons. The Balaban J connectivity index is 2.67. The monoisotopic (exact) mass is 268 g/mol. The summed E-state index contributed by atoms with van der Waals surface area (Å²) in [5, 5.41) is 12.0. The molecule has 0 bridgehead atoms. The first-order valence-electron chi connectivity index (χ1n) is 6.31. The smallest absolute Gasteiger partial charge is 0.239 e. The Labute approximate surface area is 113 Å². The van der Waals surface area contributed by atoms with Gasteiger partial charge in [0.05, 0.1) is 13.2 Å². The van der Waals surface area contributed by atoms with Crippen molar-refractivity contribution in [2.45, 2.75) is 20.5 Å². The van der Waals surface area contributed by atoms with Gasteiger partial charge in [0.2, 0.25) is 5.91 Å². The maximum Gasteiger partial charge on any atom is 0.239 e. The highest BCUT2D eigenvalue weighted by molar-refractivity contribution is 5.81. The molecule has 0 aliphatic carbocycles. The van der Waals surface area contributed by atoms with E-state index < -0.39 is 5.82 Å². The van der Waals surface area contributed by atoms with Gasteiger partial charge >= 0.3 is 0 Å². The van der Waals surface area contributed by atoms with Crippen LogP contribution in [0.3, 0.4) is 0 Å². The Bertz CT molecular complexity index is 435. The van der Waals surface area contributed by atoms with Gasteiger partial charge < -0.3 is 15.3 Å². The molecule has 2 N–H and O–H groups in total. The fourth-order valence-electron chi connectivity index (χ4n) is 1.73. The lowest BCUT2D eigenvalue weighted by atomic mass is 10.1. The van der Waals surface area contributed by atoms with E-state index >= 15 is 0 Å². The molecule has 1 aromatic rings. The summed E-state index contributed by atoms with van der Waals surface area (Å²) >= 11 is 0. The number of benzene rings is 1. The lowest BCUT2D eigenvalue weighted by molar-refractivity contribution is -0.119. The van der Waals surface area contributed by atoms with Crippen molar-refractivity contribution in [3.63, 3.8) is 0 Å². The number of hydrogen-bond acceptors (Lipinski definition) is 3. The lowest BCUT2D eigenvalue weighted by Gasteiger charge is -2.21. The van der Waals surface area contributed by atoms with Crippen LogP contribution in [0.1, 0.15) is 19.4 Å². The quantitative estimate of drug-likeness (QED) is 0.822. The summed E-state index contributed by atoms with van der Waals surface area (Å²) in [6, 6.07) is 4.16. The third kappa shape index (κ3) is 4.87. The molecule has 19 heavy (non-hydrogen) atoms. The molecule has 0 aliphatic rings. The van der Waals surface area contributed by atoms with Gasteiger partial charge in [-0.3, -0.25) is 4.79 Å². The predicted octanol–water partition coefficient (Wildman–Crippen LogP) is 1.53. The van der Waals surface area contributed by atoms with Crippen molar-refractivity contribution in [2.24, 2.45) is 5.92 Å². The molecule has 4 nitrogen and oxygen atoms in total. The van der Waals surface area contributed by atoms with Crippen LogP contribution in [0.15, 0.2) is 18.2 Å². The van der Waals surface area contributed by atoms with Gasteiger partial charge in [0, 0.05) is 24.8 Å². The summed E-state index contributed by atoms with van der Waals surface area (Å²) in [6.45, 7) is 4.58. The number of nitrogens with one attached hydrogen (secondary N) is 1. The molecule has 0 saturated carbocycles. The van der Waals surface area contributed by atoms with Crippen LogP contribution in [0.25, 0.3) is 0 Å². The molecule has 0 atom stereocenters. The number of nitrogens with zero attached hydrogens (tertiary/aromatic N) is 1. The van der Waals surface area contributed by atoms with Crippen LogP contribution in [-0.2, 0) is 11.4 Å². The molecule has 0 aromatic heterocycles. The molecule has 1 aromatic carbocycles. The van der Waals surface area contributed by atoms with Gasteiger partial charge in [-0.2, -0.15) is 0 Å². The minimum atomic E-state index is -0.398. The summed E-state index contributed by atoms with van der Waals surface area (Å²) in [5.41, 5.74) is 1.13. The number of anilines is 1. The number of rotatable bonds is 6. The average Bonchev–Trinajstić information content (AvgIpc) is 2.35. The number of halogens is 1. The highest BCUT2D eigenvalue weighted by atomic mass is 19.1. The van der Waals surface area contributed by atoms with E-state index in [1.807, 2.05) is 13.8 Å². The van der Waals surface area contributed by atoms with Crippen molar-refractivity contribution in [3.05, 3.63) is 29.6 Å². The van der Waals surface area contributed by atoms with Crippen molar-refractivity contribution < 1.29 is 14.3 Å². The third-order valence-corrected chi connectivity index (χ3v) is 2.71. The van der Waals surface area contributed by atoms with Gasteiger partial charge in [0.1, 0.15) is 5.82 Å². The van der Waals surface area contributed by atoms with Gasteiger partial charge in [-0.05, 0) is 24.1 Å². The number of aliphatic hydroxyl groups is 1. The van der Waals surface area contributed by atoms with E-state index in [4.69, 9.17) is 0 Å². The van der Waals surface area contributed by atoms with Gasteiger partial charge in [0.15, 0.2) is 0 Å². The number of carbonyl (C=O) groups is 1. The Kier molecular flexibility index (Phi) is 5.76. The fraction of sp³-hybridized carbons (Fsp3) is 0.500. The van der Waals surface area contributed by atoms with Gasteiger partial charge in [0.25, 0.3) is 0 Å². The second kappa shape index (κ2) is 7.09. The van der Waals surface area contributed by atoms with E-state index in [0.29, 0.717) is 23.7 Å². The Morgan fingerprint density at radius 1 is 1.47 bits per heavy atom. The van der Waals surface area contributed by atoms with Crippen LogP contribution in [-0.4, -0.2) is 31.2 Å². The van der Waals surface area contributed by atoms with Crippen molar-refractivity contribution in [1.82, 2.24) is 5.32 Å². The van der Waals surface area contributed by atoms with E-state index in [1.54, 1.807) is 18.0 Å². The molecule has 0 saturated heterocycles. The van der Waals surface area contributed by atoms with Gasteiger partial charge in [-0.25, -0.2) is 4.39 Å². The zero-order chi connectivity index (χ0) is 14.4. The zero-order valence-corrected chi connectivity index (χ0v) is 11.6. The standard InChI is InChI=1S/C14H21FN2O2/c1-10(2)7-16-14(19)8-17(3)13-5-4-12(15)6-11(13)9-18/h4-6,10,18H,7-9H2,1-3H3,(H,16,19). The minimum Gasteiger partial charge on any atom is -0.392 e. The summed E-state index contributed by atoms with van der Waals surface area (Å²) < 4.78 is 13.1. The second-order valence-electron chi connectivity index (χ2n) is 4.99. The van der Waals surface area contributed by atoms with E-state index in [0.717, 1.165) is 0 Å². The SMILES string of the molecule is CC(C)CNC(=O)CN(C)c1ccc(F)cc1CO. The van der Waals surface area contributed by atoms with Gasteiger partial charge in [-0.15, -0.1) is 0 Å². The van der Waals surface area contributed by atoms with Crippen molar-refractivity contribution in [3.8, 4) is 0 Å². The van der Waals surface area contributed by atoms with E-state index in [-0.39, 0.29) is 19.1 Å². The lowest BCUT2D eigenvalue weighted by Crippen LogP contribution is -2.37. The van der Waals surface area contributed by atoms with Crippen molar-refractivity contribution in [2.75, 3.05) is 25.0 Å². The van der Waals surface area contributed by atoms with E-state index in [1.165, 1.54) is 12.1 Å². The van der Waals surface area contributed by atoms with Crippen LogP contribution in [0, 0.1) is 11.7 Å². The molecule has 0 unspecified atom stereocenters. The van der Waals surface area contributed by atoms with Crippen LogP contribution in [0.2, 0.25) is 0 Å². The van der Waals surface area contributed by atoms with Crippen molar-refractivity contribution in [1.29, 1.82) is 0 Å². The zero-order valence-electron chi connectivity index (χ0n) is 11.6. The van der Waals surface area contributed by atoms with Crippen molar-refractivity contribution >= 4 is 11.6 Å². The maximum absolute atomic E-state index is 13.1.